The Bertz CT molecular complexity index is 435. The molecule has 0 aromatic heterocycles. The largest absolute Gasteiger partial charge is 0.389 e. The van der Waals surface area contributed by atoms with Crippen molar-refractivity contribution in [1.29, 1.82) is 0 Å². The van der Waals surface area contributed by atoms with Crippen LogP contribution in [0.25, 0.3) is 0 Å². The molecular formula is C13H14O3. The van der Waals surface area contributed by atoms with Gasteiger partial charge in [-0.3, -0.25) is 4.79 Å². The van der Waals surface area contributed by atoms with Gasteiger partial charge in [-0.25, -0.2) is 4.79 Å². The summed E-state index contributed by atoms with van der Waals surface area (Å²) in [5.41, 5.74) is 2.46. The predicted octanol–water partition coefficient (Wildman–Crippen LogP) is 2.27. The van der Waals surface area contributed by atoms with Crippen LogP contribution in [-0.4, -0.2) is 11.9 Å². The molecule has 0 spiro atoms. The lowest BCUT2D eigenvalue weighted by Crippen LogP contribution is -2.22. The second kappa shape index (κ2) is 4.47. The first-order valence-corrected chi connectivity index (χ1v) is 5.57. The summed E-state index contributed by atoms with van der Waals surface area (Å²) < 4.78 is 4.59. The second-order valence-electron chi connectivity index (χ2n) is 4.03. The number of rotatable bonds is 3. The zero-order chi connectivity index (χ0) is 11.5. The molecule has 1 aliphatic rings. The van der Waals surface area contributed by atoms with Crippen LogP contribution >= 0.6 is 0 Å². The van der Waals surface area contributed by atoms with Gasteiger partial charge in [0.15, 0.2) is 0 Å². The van der Waals surface area contributed by atoms with Gasteiger partial charge in [-0.2, -0.15) is 0 Å². The lowest BCUT2D eigenvalue weighted by Gasteiger charge is -2.14. The van der Waals surface area contributed by atoms with Crippen LogP contribution in [0.2, 0.25) is 0 Å². The number of ether oxygens (including phenoxy) is 1. The van der Waals surface area contributed by atoms with Crippen LogP contribution in [0.4, 0.5) is 0 Å². The maximum Gasteiger partial charge on any atom is 0.346 e. The summed E-state index contributed by atoms with van der Waals surface area (Å²) >= 11 is 0. The fraction of sp³-hybridized carbons (Fsp3) is 0.385. The normalized spacial score (nSPS) is 14.6. The Morgan fingerprint density at radius 3 is 2.88 bits per heavy atom. The minimum atomic E-state index is -0.510. The number of esters is 2. The number of aryl methyl sites for hydroxylation is 1. The number of carbonyl (C=O) groups is 2. The molecule has 0 amide bonds. The minimum Gasteiger partial charge on any atom is -0.389 e. The van der Waals surface area contributed by atoms with Crippen LogP contribution in [0.15, 0.2) is 18.2 Å². The molecule has 0 saturated heterocycles. The van der Waals surface area contributed by atoms with Gasteiger partial charge in [0.2, 0.25) is 0 Å². The van der Waals surface area contributed by atoms with E-state index in [0.717, 1.165) is 30.4 Å². The van der Waals surface area contributed by atoms with Crippen LogP contribution in [0.3, 0.4) is 0 Å². The number of fused-ring (bicyclic) bond motifs is 1. The summed E-state index contributed by atoms with van der Waals surface area (Å²) in [5.74, 6) is -0.969. The highest BCUT2D eigenvalue weighted by atomic mass is 16.6. The lowest BCUT2D eigenvalue weighted by molar-refractivity contribution is -0.137. The third-order valence-corrected chi connectivity index (χ3v) is 2.75. The summed E-state index contributed by atoms with van der Waals surface area (Å²) in [6.45, 7) is 2.13. The van der Waals surface area contributed by atoms with Crippen molar-refractivity contribution in [3.05, 3.63) is 34.9 Å². The molecule has 3 heteroatoms. The highest BCUT2D eigenvalue weighted by Crippen LogP contribution is 2.20. The van der Waals surface area contributed by atoms with E-state index in [1.807, 2.05) is 18.2 Å². The first-order valence-electron chi connectivity index (χ1n) is 5.57. The van der Waals surface area contributed by atoms with Crippen molar-refractivity contribution in [1.82, 2.24) is 0 Å². The second-order valence-corrected chi connectivity index (χ2v) is 4.03. The van der Waals surface area contributed by atoms with Gasteiger partial charge in [0, 0.05) is 0 Å². The van der Waals surface area contributed by atoms with Gasteiger partial charge in [0.25, 0.3) is 0 Å². The first kappa shape index (κ1) is 10.9. The van der Waals surface area contributed by atoms with Crippen LogP contribution < -0.4 is 0 Å². The summed E-state index contributed by atoms with van der Waals surface area (Å²) in [6.07, 6.45) is 3.40. The summed E-state index contributed by atoms with van der Waals surface area (Å²) in [7, 11) is 0. The Labute approximate surface area is 94.4 Å². The molecule has 0 saturated carbocycles. The molecule has 0 aliphatic carbocycles. The molecule has 0 atom stereocenters. The molecule has 1 aromatic rings. The van der Waals surface area contributed by atoms with Crippen molar-refractivity contribution in [3.63, 3.8) is 0 Å². The highest BCUT2D eigenvalue weighted by Gasteiger charge is 2.24. The average Bonchev–Trinajstić information content (AvgIpc) is 2.26. The Balaban J connectivity index is 2.27. The summed E-state index contributed by atoms with van der Waals surface area (Å²) in [6, 6.07) is 5.69. The van der Waals surface area contributed by atoms with Crippen molar-refractivity contribution in [2.75, 3.05) is 0 Å². The minimum absolute atomic E-state index is 0.204. The Morgan fingerprint density at radius 2 is 2.12 bits per heavy atom. The SMILES string of the molecule is CCCCc1ccc2c(c1)C(=O)OC(=O)C2. The summed E-state index contributed by atoms with van der Waals surface area (Å²) in [4.78, 5) is 22.5. The lowest BCUT2D eigenvalue weighted by atomic mass is 9.97. The number of hydrogen-bond acceptors (Lipinski definition) is 3. The van der Waals surface area contributed by atoms with Crippen LogP contribution in [-0.2, 0) is 22.4 Å². The zero-order valence-electron chi connectivity index (χ0n) is 9.29. The topological polar surface area (TPSA) is 43.4 Å². The maximum atomic E-state index is 11.5. The first-order chi connectivity index (χ1) is 7.70. The van der Waals surface area contributed by atoms with Crippen molar-refractivity contribution in [2.45, 2.75) is 32.6 Å². The molecule has 3 nitrogen and oxygen atoms in total. The molecular weight excluding hydrogens is 204 g/mol. The van der Waals surface area contributed by atoms with Gasteiger partial charge in [0.1, 0.15) is 0 Å². The molecule has 1 aromatic carbocycles. The van der Waals surface area contributed by atoms with E-state index in [1.54, 1.807) is 0 Å². The standard InChI is InChI=1S/C13H14O3/c1-2-3-4-9-5-6-10-8-12(14)16-13(15)11(10)7-9/h5-7H,2-4,8H2,1H3. The fourth-order valence-corrected chi connectivity index (χ4v) is 1.85. The predicted molar refractivity (Wildman–Crippen MR) is 59.2 cm³/mol. The van der Waals surface area contributed by atoms with E-state index >= 15 is 0 Å². The van der Waals surface area contributed by atoms with E-state index in [1.165, 1.54) is 0 Å². The number of benzene rings is 1. The molecule has 0 radical (unpaired) electrons. The van der Waals surface area contributed by atoms with Crippen molar-refractivity contribution < 1.29 is 14.3 Å². The van der Waals surface area contributed by atoms with Crippen LogP contribution in [0.1, 0.15) is 41.3 Å². The molecule has 0 N–H and O–H groups in total. The molecule has 0 fully saturated rings. The Kier molecular flexibility index (Phi) is 3.04. The third-order valence-electron chi connectivity index (χ3n) is 2.75. The zero-order valence-corrected chi connectivity index (χ0v) is 9.29. The molecule has 84 valence electrons. The van der Waals surface area contributed by atoms with Gasteiger partial charge in [-0.1, -0.05) is 25.5 Å². The number of carbonyl (C=O) groups excluding carboxylic acids is 2. The molecule has 1 heterocycles. The van der Waals surface area contributed by atoms with Gasteiger partial charge in [-0.15, -0.1) is 0 Å². The highest BCUT2D eigenvalue weighted by molar-refractivity contribution is 6.02. The van der Waals surface area contributed by atoms with E-state index < -0.39 is 11.9 Å². The molecule has 2 rings (SSSR count). The van der Waals surface area contributed by atoms with Crippen LogP contribution in [0, 0.1) is 0 Å². The third kappa shape index (κ3) is 2.13. The number of hydrogen-bond donors (Lipinski definition) is 0. The Morgan fingerprint density at radius 1 is 1.31 bits per heavy atom. The number of cyclic esters (lactones) is 2. The van der Waals surface area contributed by atoms with Gasteiger partial charge >= 0.3 is 11.9 Å². The van der Waals surface area contributed by atoms with Crippen molar-refractivity contribution in [3.8, 4) is 0 Å². The Hall–Kier alpha value is -1.64. The van der Waals surface area contributed by atoms with E-state index in [4.69, 9.17) is 0 Å². The van der Waals surface area contributed by atoms with Gasteiger partial charge < -0.3 is 4.74 Å². The van der Waals surface area contributed by atoms with E-state index in [2.05, 4.69) is 11.7 Å². The van der Waals surface area contributed by atoms with E-state index in [0.29, 0.717) is 5.56 Å². The molecule has 16 heavy (non-hydrogen) atoms. The quantitative estimate of drug-likeness (QED) is 0.577. The van der Waals surface area contributed by atoms with Gasteiger partial charge in [-0.05, 0) is 30.0 Å². The molecule has 0 unspecified atom stereocenters. The molecule has 0 bridgehead atoms. The smallest absolute Gasteiger partial charge is 0.346 e. The van der Waals surface area contributed by atoms with Gasteiger partial charge in [0.05, 0.1) is 12.0 Å². The van der Waals surface area contributed by atoms with E-state index in [-0.39, 0.29) is 6.42 Å². The maximum absolute atomic E-state index is 11.5. The van der Waals surface area contributed by atoms with Crippen molar-refractivity contribution >= 4 is 11.9 Å². The van der Waals surface area contributed by atoms with E-state index in [9.17, 15) is 9.59 Å². The summed E-state index contributed by atoms with van der Waals surface area (Å²) in [5, 5.41) is 0. The average molecular weight is 218 g/mol. The van der Waals surface area contributed by atoms with Crippen LogP contribution in [0.5, 0.6) is 0 Å². The monoisotopic (exact) mass is 218 g/mol. The fourth-order valence-electron chi connectivity index (χ4n) is 1.85. The molecule has 1 aliphatic heterocycles. The van der Waals surface area contributed by atoms with Crippen molar-refractivity contribution in [2.24, 2.45) is 0 Å². The number of unbranched alkanes of at least 4 members (excludes halogenated alkanes) is 1.